The lowest BCUT2D eigenvalue weighted by atomic mass is 10.2. The Morgan fingerprint density at radius 2 is 1.91 bits per heavy atom. The van der Waals surface area contributed by atoms with Crippen molar-refractivity contribution in [2.24, 2.45) is 0 Å². The number of nitrogens with one attached hydrogen (secondary N) is 2. The molecule has 3 rings (SSSR count). The molecule has 1 aromatic heterocycles. The minimum absolute atomic E-state index is 0.0273. The molecule has 0 unspecified atom stereocenters. The standard InChI is InChI=1S/C21H21ClN4O5S/c1-2-31-21(28)19-10-12-26(25-19)17-7-4-6-16(14-17)24-20(27)9-11-23-32(29,30)18-8-3-5-15(22)13-18/h3-8,10,12-14,23H,2,9,11H2,1H3,(H,24,27). The molecular formula is C21H21ClN4O5S. The summed E-state index contributed by atoms with van der Waals surface area (Å²) in [7, 11) is -3.77. The SMILES string of the molecule is CCOC(=O)c1ccn(-c2cccc(NC(=O)CCNS(=O)(=O)c3cccc(Cl)c3)c2)n1. The number of halogens is 1. The van der Waals surface area contributed by atoms with Crippen molar-refractivity contribution in [2.45, 2.75) is 18.2 Å². The van der Waals surface area contributed by atoms with Crippen LogP contribution < -0.4 is 10.0 Å². The van der Waals surface area contributed by atoms with Crippen LogP contribution >= 0.6 is 11.6 Å². The third kappa shape index (κ3) is 6.16. The van der Waals surface area contributed by atoms with E-state index in [1.807, 2.05) is 0 Å². The van der Waals surface area contributed by atoms with Crippen molar-refractivity contribution in [1.82, 2.24) is 14.5 Å². The Morgan fingerprint density at radius 1 is 1.12 bits per heavy atom. The Balaban J connectivity index is 1.57. The topological polar surface area (TPSA) is 119 Å². The molecule has 9 nitrogen and oxygen atoms in total. The zero-order valence-corrected chi connectivity index (χ0v) is 18.7. The first-order valence-electron chi connectivity index (χ1n) is 9.67. The summed E-state index contributed by atoms with van der Waals surface area (Å²) in [5.41, 5.74) is 1.30. The van der Waals surface area contributed by atoms with E-state index in [1.165, 1.54) is 28.9 Å². The summed E-state index contributed by atoms with van der Waals surface area (Å²) in [4.78, 5) is 24.0. The lowest BCUT2D eigenvalue weighted by Crippen LogP contribution is -2.27. The number of benzene rings is 2. The number of carbonyl (C=O) groups is 2. The van der Waals surface area contributed by atoms with Crippen LogP contribution in [0.3, 0.4) is 0 Å². The summed E-state index contributed by atoms with van der Waals surface area (Å²) >= 11 is 5.83. The Hall–Kier alpha value is -3.21. The molecule has 2 aromatic carbocycles. The van der Waals surface area contributed by atoms with E-state index in [1.54, 1.807) is 43.5 Å². The van der Waals surface area contributed by atoms with Gasteiger partial charge >= 0.3 is 5.97 Å². The van der Waals surface area contributed by atoms with E-state index in [2.05, 4.69) is 15.1 Å². The molecule has 0 saturated heterocycles. The van der Waals surface area contributed by atoms with E-state index in [4.69, 9.17) is 16.3 Å². The van der Waals surface area contributed by atoms with E-state index in [0.717, 1.165) is 0 Å². The maximum Gasteiger partial charge on any atom is 0.358 e. The molecule has 0 atom stereocenters. The van der Waals surface area contributed by atoms with Crippen molar-refractivity contribution < 1.29 is 22.7 Å². The first-order valence-corrected chi connectivity index (χ1v) is 11.5. The average molecular weight is 477 g/mol. The van der Waals surface area contributed by atoms with Gasteiger partial charge in [-0.15, -0.1) is 0 Å². The van der Waals surface area contributed by atoms with E-state index < -0.39 is 16.0 Å². The van der Waals surface area contributed by atoms with E-state index in [0.29, 0.717) is 16.4 Å². The number of nitrogens with zero attached hydrogens (tertiary/aromatic N) is 2. The maximum absolute atomic E-state index is 12.3. The Bertz CT molecular complexity index is 1230. The number of hydrogen-bond donors (Lipinski definition) is 2. The number of anilines is 1. The van der Waals surface area contributed by atoms with Gasteiger partial charge in [0.2, 0.25) is 15.9 Å². The molecule has 0 radical (unpaired) electrons. The molecule has 0 spiro atoms. The van der Waals surface area contributed by atoms with Crippen molar-refractivity contribution in [3.05, 3.63) is 71.5 Å². The zero-order valence-electron chi connectivity index (χ0n) is 17.1. The highest BCUT2D eigenvalue weighted by Crippen LogP contribution is 2.16. The average Bonchev–Trinajstić information content (AvgIpc) is 3.24. The van der Waals surface area contributed by atoms with Gasteiger partial charge in [-0.05, 0) is 49.4 Å². The summed E-state index contributed by atoms with van der Waals surface area (Å²) in [6, 6.07) is 14.2. The van der Waals surface area contributed by atoms with Crippen LogP contribution in [0.15, 0.2) is 65.7 Å². The lowest BCUT2D eigenvalue weighted by molar-refractivity contribution is -0.116. The number of rotatable bonds is 9. The maximum atomic E-state index is 12.3. The van der Waals surface area contributed by atoms with Crippen LogP contribution in [-0.4, -0.2) is 43.2 Å². The molecule has 0 aliphatic rings. The third-order valence-corrected chi connectivity index (χ3v) is 5.91. The van der Waals surface area contributed by atoms with Crippen molar-refractivity contribution >= 4 is 39.2 Å². The molecule has 0 aliphatic carbocycles. The molecule has 0 fully saturated rings. The number of aromatic nitrogens is 2. The summed E-state index contributed by atoms with van der Waals surface area (Å²) in [5.74, 6) is -0.889. The quantitative estimate of drug-likeness (QED) is 0.458. The summed E-state index contributed by atoms with van der Waals surface area (Å²) in [5, 5.41) is 7.19. The van der Waals surface area contributed by atoms with Gasteiger partial charge in [0.15, 0.2) is 5.69 Å². The second kappa shape index (κ2) is 10.4. The Morgan fingerprint density at radius 3 is 2.66 bits per heavy atom. The summed E-state index contributed by atoms with van der Waals surface area (Å²) < 4.78 is 33.3. The van der Waals surface area contributed by atoms with Crippen LogP contribution in [0.25, 0.3) is 5.69 Å². The van der Waals surface area contributed by atoms with Gasteiger partial charge in [-0.2, -0.15) is 5.10 Å². The van der Waals surface area contributed by atoms with Crippen LogP contribution in [0.2, 0.25) is 5.02 Å². The number of sulfonamides is 1. The molecule has 32 heavy (non-hydrogen) atoms. The van der Waals surface area contributed by atoms with Crippen molar-refractivity contribution in [2.75, 3.05) is 18.5 Å². The smallest absolute Gasteiger partial charge is 0.358 e. The molecule has 1 amide bonds. The van der Waals surface area contributed by atoms with Crippen LogP contribution in [0.1, 0.15) is 23.8 Å². The third-order valence-electron chi connectivity index (χ3n) is 4.22. The molecule has 168 valence electrons. The summed E-state index contributed by atoms with van der Waals surface area (Å²) in [6.07, 6.45) is 1.54. The predicted molar refractivity (Wildman–Crippen MR) is 119 cm³/mol. The molecule has 11 heteroatoms. The normalized spacial score (nSPS) is 11.2. The highest BCUT2D eigenvalue weighted by Gasteiger charge is 2.15. The number of amides is 1. The second-order valence-corrected chi connectivity index (χ2v) is 8.77. The van der Waals surface area contributed by atoms with Crippen molar-refractivity contribution in [3.63, 3.8) is 0 Å². The molecule has 3 aromatic rings. The predicted octanol–water partition coefficient (Wildman–Crippen LogP) is 3.01. The number of esters is 1. The number of ether oxygens (including phenoxy) is 1. The Labute approximate surface area is 190 Å². The minimum atomic E-state index is -3.77. The van der Waals surface area contributed by atoms with Gasteiger partial charge in [0.25, 0.3) is 0 Å². The molecule has 0 bridgehead atoms. The minimum Gasteiger partial charge on any atom is -0.461 e. The second-order valence-electron chi connectivity index (χ2n) is 6.57. The number of carbonyl (C=O) groups excluding carboxylic acids is 2. The van der Waals surface area contributed by atoms with Gasteiger partial charge in [-0.1, -0.05) is 23.7 Å². The monoisotopic (exact) mass is 476 g/mol. The fourth-order valence-corrected chi connectivity index (χ4v) is 4.08. The molecule has 2 N–H and O–H groups in total. The van der Waals surface area contributed by atoms with Gasteiger partial charge in [0.1, 0.15) is 0 Å². The van der Waals surface area contributed by atoms with Crippen LogP contribution in [-0.2, 0) is 19.6 Å². The lowest BCUT2D eigenvalue weighted by Gasteiger charge is -2.09. The van der Waals surface area contributed by atoms with E-state index in [9.17, 15) is 18.0 Å². The van der Waals surface area contributed by atoms with E-state index in [-0.39, 0.29) is 36.1 Å². The zero-order chi connectivity index (χ0) is 23.1. The molecule has 0 saturated carbocycles. The number of hydrogen-bond acceptors (Lipinski definition) is 6. The van der Waals surface area contributed by atoms with Gasteiger partial charge in [-0.25, -0.2) is 22.6 Å². The van der Waals surface area contributed by atoms with Crippen LogP contribution in [0, 0.1) is 0 Å². The molecule has 0 aliphatic heterocycles. The molecular weight excluding hydrogens is 456 g/mol. The fourth-order valence-electron chi connectivity index (χ4n) is 2.75. The van der Waals surface area contributed by atoms with Crippen molar-refractivity contribution in [1.29, 1.82) is 0 Å². The first-order chi connectivity index (χ1) is 15.3. The van der Waals surface area contributed by atoms with Gasteiger partial charge in [-0.3, -0.25) is 4.79 Å². The van der Waals surface area contributed by atoms with Crippen LogP contribution in [0.4, 0.5) is 5.69 Å². The molecule has 1 heterocycles. The van der Waals surface area contributed by atoms with E-state index >= 15 is 0 Å². The van der Waals surface area contributed by atoms with Gasteiger partial charge in [0, 0.05) is 29.9 Å². The fraction of sp³-hybridized carbons (Fsp3) is 0.190. The summed E-state index contributed by atoms with van der Waals surface area (Å²) in [6.45, 7) is 1.88. The largest absolute Gasteiger partial charge is 0.461 e. The first kappa shape index (κ1) is 23.5. The Kier molecular flexibility index (Phi) is 7.62. The van der Waals surface area contributed by atoms with Gasteiger partial charge < -0.3 is 10.1 Å². The van der Waals surface area contributed by atoms with Gasteiger partial charge in [0.05, 0.1) is 17.2 Å². The van der Waals surface area contributed by atoms with Crippen LogP contribution in [0.5, 0.6) is 0 Å². The van der Waals surface area contributed by atoms with Crippen molar-refractivity contribution in [3.8, 4) is 5.69 Å². The highest BCUT2D eigenvalue weighted by molar-refractivity contribution is 7.89. The highest BCUT2D eigenvalue weighted by atomic mass is 35.5.